The van der Waals surface area contributed by atoms with Crippen molar-refractivity contribution in [1.29, 1.82) is 0 Å². The van der Waals surface area contributed by atoms with Gasteiger partial charge in [-0.15, -0.1) is 0 Å². The van der Waals surface area contributed by atoms with Gasteiger partial charge in [0.05, 0.1) is 17.2 Å². The molecule has 0 spiro atoms. The van der Waals surface area contributed by atoms with Crippen molar-refractivity contribution < 1.29 is 14.3 Å². The van der Waals surface area contributed by atoms with E-state index in [0.29, 0.717) is 17.1 Å². The third-order valence-corrected chi connectivity index (χ3v) is 6.42. The van der Waals surface area contributed by atoms with Crippen LogP contribution in [0.25, 0.3) is 0 Å². The molecule has 0 saturated heterocycles. The molecule has 32 heavy (non-hydrogen) atoms. The van der Waals surface area contributed by atoms with Crippen LogP contribution >= 0.6 is 23.4 Å². The maximum Gasteiger partial charge on any atom is 0.379 e. The number of halogens is 1. The first kappa shape index (κ1) is 24.1. The first-order valence-corrected chi connectivity index (χ1v) is 11.7. The van der Waals surface area contributed by atoms with Gasteiger partial charge < -0.3 is 9.30 Å². The lowest BCUT2D eigenvalue weighted by molar-refractivity contribution is -0.137. The third-order valence-electron chi connectivity index (χ3n) is 5.10. The molecule has 0 N–H and O–H groups in total. The molecule has 1 aromatic carbocycles. The van der Waals surface area contributed by atoms with E-state index in [1.807, 2.05) is 52.0 Å². The van der Waals surface area contributed by atoms with Gasteiger partial charge in [0, 0.05) is 34.6 Å². The zero-order valence-electron chi connectivity index (χ0n) is 18.9. The molecule has 0 unspecified atom stereocenters. The number of nitrogens with zero attached hydrogens (tertiary/aromatic N) is 2. The van der Waals surface area contributed by atoms with Crippen LogP contribution in [0.4, 0.5) is 0 Å². The van der Waals surface area contributed by atoms with Crippen LogP contribution in [0.2, 0.25) is 5.02 Å². The Labute approximate surface area is 198 Å². The number of esters is 1. The van der Waals surface area contributed by atoms with Gasteiger partial charge >= 0.3 is 5.97 Å². The van der Waals surface area contributed by atoms with Crippen molar-refractivity contribution in [1.82, 2.24) is 9.55 Å². The fraction of sp³-hybridized carbons (Fsp3) is 0.320. The normalized spacial score (nSPS) is 11.1. The number of hydrogen-bond acceptors (Lipinski definition) is 5. The zero-order valence-corrected chi connectivity index (χ0v) is 20.5. The molecule has 7 heteroatoms. The summed E-state index contributed by atoms with van der Waals surface area (Å²) < 4.78 is 7.13. The maximum absolute atomic E-state index is 13.1. The minimum atomic E-state index is -0.825. The molecular weight excluding hydrogens is 444 g/mol. The number of Topliss-reactive ketones (excluding diaryl/α,β-unsaturated/α-hetero) is 1. The quantitative estimate of drug-likeness (QED) is 0.222. The highest BCUT2D eigenvalue weighted by Gasteiger charge is 2.31. The molecular formula is C25H27ClN2O3S. The maximum atomic E-state index is 13.1. The number of carbonyl (C=O) groups is 2. The number of hydrogen-bond donors (Lipinski definition) is 0. The molecule has 0 aliphatic rings. The summed E-state index contributed by atoms with van der Waals surface area (Å²) in [5.41, 5.74) is 4.11. The molecule has 0 aliphatic carbocycles. The second kappa shape index (κ2) is 10.4. The number of ether oxygens (including phenoxy) is 1. The molecule has 0 aliphatic heterocycles. The van der Waals surface area contributed by atoms with Crippen molar-refractivity contribution in [2.24, 2.45) is 0 Å². The number of pyridine rings is 1. The van der Waals surface area contributed by atoms with Crippen LogP contribution in [0.1, 0.15) is 59.4 Å². The van der Waals surface area contributed by atoms with Gasteiger partial charge in [-0.3, -0.25) is 9.78 Å². The highest BCUT2D eigenvalue weighted by Crippen LogP contribution is 2.41. The van der Waals surface area contributed by atoms with E-state index >= 15 is 0 Å². The number of benzene rings is 1. The van der Waals surface area contributed by atoms with E-state index in [-0.39, 0.29) is 12.5 Å². The predicted octanol–water partition coefficient (Wildman–Crippen LogP) is 6.22. The summed E-state index contributed by atoms with van der Waals surface area (Å²) >= 11 is 7.86. The van der Waals surface area contributed by atoms with Crippen molar-refractivity contribution >= 4 is 35.1 Å². The summed E-state index contributed by atoms with van der Waals surface area (Å²) in [7, 11) is 0. The van der Waals surface area contributed by atoms with Gasteiger partial charge in [0.25, 0.3) is 5.78 Å². The Hall–Kier alpha value is -2.57. The lowest BCUT2D eigenvalue weighted by Crippen LogP contribution is -2.19. The van der Waals surface area contributed by atoms with Gasteiger partial charge in [-0.1, -0.05) is 37.2 Å². The van der Waals surface area contributed by atoms with Gasteiger partial charge in [0.1, 0.15) is 0 Å². The van der Waals surface area contributed by atoms with Gasteiger partial charge in [0.2, 0.25) is 0 Å². The van der Waals surface area contributed by atoms with E-state index in [2.05, 4.69) is 15.6 Å². The van der Waals surface area contributed by atoms with Gasteiger partial charge in [-0.2, -0.15) is 0 Å². The summed E-state index contributed by atoms with van der Waals surface area (Å²) in [5, 5.41) is 1.58. The Morgan fingerprint density at radius 3 is 2.44 bits per heavy atom. The molecule has 5 nitrogen and oxygen atoms in total. The second-order valence-electron chi connectivity index (χ2n) is 7.89. The van der Waals surface area contributed by atoms with Gasteiger partial charge in [0.15, 0.2) is 0 Å². The van der Waals surface area contributed by atoms with Crippen molar-refractivity contribution in [3.05, 3.63) is 75.7 Å². The molecule has 0 amide bonds. The Balaban J connectivity index is 2.21. The average molecular weight is 471 g/mol. The van der Waals surface area contributed by atoms with Crippen LogP contribution in [-0.4, -0.2) is 27.9 Å². The second-order valence-corrected chi connectivity index (χ2v) is 9.39. The average Bonchev–Trinajstić information content (AvgIpc) is 2.99. The molecule has 0 atom stereocenters. The third kappa shape index (κ3) is 5.25. The summed E-state index contributed by atoms with van der Waals surface area (Å²) in [6.07, 6.45) is 3.49. The molecule has 0 fully saturated rings. The summed E-state index contributed by atoms with van der Waals surface area (Å²) in [6, 6.07) is 9.77. The van der Waals surface area contributed by atoms with E-state index in [4.69, 9.17) is 16.3 Å². The van der Waals surface area contributed by atoms with Crippen LogP contribution < -0.4 is 0 Å². The fourth-order valence-corrected chi connectivity index (χ4v) is 5.47. The van der Waals surface area contributed by atoms with Crippen molar-refractivity contribution in [2.45, 2.75) is 57.0 Å². The molecule has 0 saturated carbocycles. The largest absolute Gasteiger partial charge is 0.460 e. The Bertz CT molecular complexity index is 1120. The first-order valence-electron chi connectivity index (χ1n) is 10.5. The highest BCUT2D eigenvalue weighted by atomic mass is 35.5. The zero-order chi connectivity index (χ0) is 23.4. The minimum Gasteiger partial charge on any atom is -0.460 e. The number of ketones is 1. The van der Waals surface area contributed by atoms with Crippen LogP contribution in [0.3, 0.4) is 0 Å². The van der Waals surface area contributed by atoms with Crippen molar-refractivity contribution in [3.8, 4) is 0 Å². The van der Waals surface area contributed by atoms with Gasteiger partial charge in [-0.25, -0.2) is 4.79 Å². The molecule has 2 aromatic heterocycles. The van der Waals surface area contributed by atoms with Crippen LogP contribution in [0, 0.1) is 13.8 Å². The Morgan fingerprint density at radius 2 is 1.84 bits per heavy atom. The molecule has 2 heterocycles. The fourth-order valence-electron chi connectivity index (χ4n) is 3.70. The van der Waals surface area contributed by atoms with Crippen LogP contribution in [0.5, 0.6) is 0 Å². The molecule has 0 radical (unpaired) electrons. The van der Waals surface area contributed by atoms with Crippen LogP contribution in [-0.2, 0) is 16.1 Å². The molecule has 168 valence electrons. The van der Waals surface area contributed by atoms with Crippen LogP contribution in [0.15, 0.2) is 52.6 Å². The Kier molecular flexibility index (Phi) is 7.80. The monoisotopic (exact) mass is 470 g/mol. The number of aryl methyl sites for hydroxylation is 1. The lowest BCUT2D eigenvalue weighted by atomic mass is 9.98. The molecule has 3 rings (SSSR count). The molecule has 3 aromatic rings. The minimum absolute atomic E-state index is 0.0172. The topological polar surface area (TPSA) is 61.2 Å². The predicted molar refractivity (Wildman–Crippen MR) is 128 cm³/mol. The lowest BCUT2D eigenvalue weighted by Gasteiger charge is -2.15. The summed E-state index contributed by atoms with van der Waals surface area (Å²) in [4.78, 5) is 30.6. The number of carbonyl (C=O) groups excluding carboxylic acids is 2. The summed E-state index contributed by atoms with van der Waals surface area (Å²) in [5.74, 6) is -1.41. The van der Waals surface area contributed by atoms with E-state index in [0.717, 1.165) is 32.3 Å². The molecule has 0 bridgehead atoms. The smallest absolute Gasteiger partial charge is 0.379 e. The van der Waals surface area contributed by atoms with Gasteiger partial charge in [-0.05, 0) is 73.7 Å². The standard InChI is InChI=1S/C25H27ClN2O3S/c1-6-31-25(30)23(29)22-17(5)28(14-18-7-9-27-10-8-18)24(21(22)15(2)3)32-20-12-16(4)11-19(26)13-20/h7-13,15H,6,14H2,1-5H3. The van der Waals surface area contributed by atoms with E-state index in [9.17, 15) is 9.59 Å². The van der Waals surface area contributed by atoms with E-state index < -0.39 is 11.8 Å². The number of aromatic nitrogens is 2. The number of rotatable bonds is 8. The van der Waals surface area contributed by atoms with Crippen molar-refractivity contribution in [3.63, 3.8) is 0 Å². The van der Waals surface area contributed by atoms with E-state index in [1.54, 1.807) is 31.1 Å². The first-order chi connectivity index (χ1) is 15.2. The summed E-state index contributed by atoms with van der Waals surface area (Å²) in [6.45, 7) is 10.3. The Morgan fingerprint density at radius 1 is 1.16 bits per heavy atom. The SMILES string of the molecule is CCOC(=O)C(=O)c1c(C(C)C)c(Sc2cc(C)cc(Cl)c2)n(Cc2ccncc2)c1C. The van der Waals surface area contributed by atoms with E-state index in [1.165, 1.54) is 0 Å². The van der Waals surface area contributed by atoms with Crippen molar-refractivity contribution in [2.75, 3.05) is 6.61 Å². The highest BCUT2D eigenvalue weighted by molar-refractivity contribution is 7.99.